The van der Waals surface area contributed by atoms with E-state index in [9.17, 15) is 4.55 Å². The molecule has 0 fully saturated rings. The Bertz CT molecular complexity index is 286. The standard InChI is InChI=1S/C9H12O3S/c1-11-8-5-4-7(13(3)10)6-9(8)12-2/h4-6H,1-3H3. The maximum absolute atomic E-state index is 11.1. The van der Waals surface area contributed by atoms with Crippen LogP contribution in [0.1, 0.15) is 0 Å². The quantitative estimate of drug-likeness (QED) is 0.693. The van der Waals surface area contributed by atoms with Gasteiger partial charge in [-0.2, -0.15) is 0 Å². The predicted octanol–water partition coefficient (Wildman–Crippen LogP) is 1.44. The lowest BCUT2D eigenvalue weighted by Crippen LogP contribution is -1.98. The number of ether oxygens (including phenoxy) is 2. The summed E-state index contributed by atoms with van der Waals surface area (Å²) in [6.07, 6.45) is 1.63. The van der Waals surface area contributed by atoms with Gasteiger partial charge in [-0.05, 0) is 23.3 Å². The number of hydrogen-bond acceptors (Lipinski definition) is 3. The van der Waals surface area contributed by atoms with Gasteiger partial charge in [0.15, 0.2) is 16.4 Å². The van der Waals surface area contributed by atoms with Gasteiger partial charge >= 0.3 is 0 Å². The lowest BCUT2D eigenvalue weighted by molar-refractivity contribution is 0.354. The molecule has 1 rings (SSSR count). The first-order valence-electron chi connectivity index (χ1n) is 3.74. The molecule has 0 amide bonds. The maximum atomic E-state index is 11.1. The first kappa shape index (κ1) is 10.2. The molecule has 1 atom stereocenters. The van der Waals surface area contributed by atoms with Gasteiger partial charge in [-0.15, -0.1) is 0 Å². The molecule has 0 saturated heterocycles. The minimum atomic E-state index is -0.987. The number of methoxy groups -OCH3 is 2. The summed E-state index contributed by atoms with van der Waals surface area (Å²) in [7, 11) is 3.13. The molecule has 0 aromatic heterocycles. The third-order valence-electron chi connectivity index (χ3n) is 1.69. The SMILES string of the molecule is COc1ccc([S+](C)[O-])cc1OC. The molecule has 0 N–H and O–H groups in total. The second-order valence-corrected chi connectivity index (χ2v) is 3.85. The van der Waals surface area contributed by atoms with Crippen molar-refractivity contribution in [2.45, 2.75) is 4.90 Å². The van der Waals surface area contributed by atoms with E-state index < -0.39 is 11.2 Å². The Hall–Kier alpha value is -0.870. The fourth-order valence-electron chi connectivity index (χ4n) is 0.995. The van der Waals surface area contributed by atoms with Gasteiger partial charge in [0.2, 0.25) is 0 Å². The molecular formula is C9H12O3S. The minimum absolute atomic E-state index is 0.607. The average molecular weight is 200 g/mol. The van der Waals surface area contributed by atoms with E-state index in [1.54, 1.807) is 38.7 Å². The largest absolute Gasteiger partial charge is 0.612 e. The topological polar surface area (TPSA) is 41.5 Å². The Balaban J connectivity index is 3.05. The molecule has 1 aromatic carbocycles. The zero-order valence-corrected chi connectivity index (χ0v) is 8.68. The number of benzene rings is 1. The molecule has 13 heavy (non-hydrogen) atoms. The van der Waals surface area contributed by atoms with Gasteiger partial charge in [0.05, 0.1) is 14.2 Å². The van der Waals surface area contributed by atoms with Crippen molar-refractivity contribution in [3.63, 3.8) is 0 Å². The summed E-state index contributed by atoms with van der Waals surface area (Å²) in [5.41, 5.74) is 0. The van der Waals surface area contributed by atoms with Gasteiger partial charge < -0.3 is 14.0 Å². The van der Waals surface area contributed by atoms with E-state index in [1.165, 1.54) is 0 Å². The summed E-state index contributed by atoms with van der Waals surface area (Å²) >= 11 is -0.987. The lowest BCUT2D eigenvalue weighted by atomic mass is 10.3. The molecule has 1 unspecified atom stereocenters. The highest BCUT2D eigenvalue weighted by Gasteiger charge is 2.09. The monoisotopic (exact) mass is 200 g/mol. The lowest BCUT2D eigenvalue weighted by Gasteiger charge is -2.09. The van der Waals surface area contributed by atoms with Crippen LogP contribution >= 0.6 is 0 Å². The van der Waals surface area contributed by atoms with Gasteiger partial charge in [0, 0.05) is 6.07 Å². The van der Waals surface area contributed by atoms with E-state index in [4.69, 9.17) is 9.47 Å². The molecule has 3 nitrogen and oxygen atoms in total. The van der Waals surface area contributed by atoms with Crippen molar-refractivity contribution < 1.29 is 14.0 Å². The summed E-state index contributed by atoms with van der Waals surface area (Å²) in [5, 5.41) is 0. The summed E-state index contributed by atoms with van der Waals surface area (Å²) in [6.45, 7) is 0. The average Bonchev–Trinajstić information content (AvgIpc) is 2.16. The van der Waals surface area contributed by atoms with Crippen molar-refractivity contribution >= 4 is 11.2 Å². The molecule has 4 heteroatoms. The van der Waals surface area contributed by atoms with Gasteiger partial charge in [-0.25, -0.2) is 0 Å². The zero-order valence-electron chi connectivity index (χ0n) is 7.87. The summed E-state index contributed by atoms with van der Waals surface area (Å²) in [5.74, 6) is 1.26. The Morgan fingerprint density at radius 3 is 2.23 bits per heavy atom. The molecular weight excluding hydrogens is 188 g/mol. The van der Waals surface area contributed by atoms with Crippen molar-refractivity contribution in [2.75, 3.05) is 20.5 Å². The highest BCUT2D eigenvalue weighted by Crippen LogP contribution is 2.29. The first-order chi connectivity index (χ1) is 6.19. The van der Waals surface area contributed by atoms with Crippen LogP contribution in [0.2, 0.25) is 0 Å². The van der Waals surface area contributed by atoms with Crippen molar-refractivity contribution in [3.8, 4) is 11.5 Å². The van der Waals surface area contributed by atoms with Gasteiger partial charge in [-0.1, -0.05) is 0 Å². The van der Waals surface area contributed by atoms with Crippen molar-refractivity contribution in [2.24, 2.45) is 0 Å². The molecule has 0 saturated carbocycles. The van der Waals surface area contributed by atoms with Crippen LogP contribution < -0.4 is 9.47 Å². The summed E-state index contributed by atoms with van der Waals surface area (Å²) in [4.78, 5) is 0.734. The fourth-order valence-corrected chi connectivity index (χ4v) is 1.53. The van der Waals surface area contributed by atoms with Crippen molar-refractivity contribution in [1.29, 1.82) is 0 Å². The minimum Gasteiger partial charge on any atom is -0.612 e. The zero-order chi connectivity index (χ0) is 9.84. The number of hydrogen-bond donors (Lipinski definition) is 0. The molecule has 1 aromatic rings. The molecule has 0 radical (unpaired) electrons. The van der Waals surface area contributed by atoms with Crippen molar-refractivity contribution in [3.05, 3.63) is 18.2 Å². The maximum Gasteiger partial charge on any atom is 0.165 e. The molecule has 0 spiro atoms. The van der Waals surface area contributed by atoms with Crippen LogP contribution in [0.4, 0.5) is 0 Å². The van der Waals surface area contributed by atoms with E-state index in [1.807, 2.05) is 0 Å². The molecule has 0 heterocycles. The molecule has 0 aliphatic carbocycles. The van der Waals surface area contributed by atoms with E-state index in [-0.39, 0.29) is 0 Å². The Morgan fingerprint density at radius 1 is 1.15 bits per heavy atom. The van der Waals surface area contributed by atoms with Gasteiger partial charge in [0.25, 0.3) is 0 Å². The van der Waals surface area contributed by atoms with Crippen LogP contribution in [0.5, 0.6) is 11.5 Å². The predicted molar refractivity (Wildman–Crippen MR) is 51.9 cm³/mol. The van der Waals surface area contributed by atoms with Gasteiger partial charge in [0.1, 0.15) is 6.26 Å². The highest BCUT2D eigenvalue weighted by molar-refractivity contribution is 7.90. The van der Waals surface area contributed by atoms with Crippen LogP contribution in [0.3, 0.4) is 0 Å². The molecule has 0 aliphatic heterocycles. The fraction of sp³-hybridized carbons (Fsp3) is 0.333. The molecule has 0 bridgehead atoms. The van der Waals surface area contributed by atoms with Crippen LogP contribution in [-0.4, -0.2) is 25.0 Å². The Morgan fingerprint density at radius 2 is 1.77 bits per heavy atom. The van der Waals surface area contributed by atoms with Crippen LogP contribution in [0.15, 0.2) is 23.1 Å². The third-order valence-corrected chi connectivity index (χ3v) is 2.60. The Kier molecular flexibility index (Phi) is 3.45. The van der Waals surface area contributed by atoms with Crippen LogP contribution in [-0.2, 0) is 11.2 Å². The Labute approximate surface area is 80.8 Å². The normalized spacial score (nSPS) is 12.3. The smallest absolute Gasteiger partial charge is 0.165 e. The third kappa shape index (κ3) is 2.29. The number of rotatable bonds is 3. The first-order valence-corrected chi connectivity index (χ1v) is 5.30. The van der Waals surface area contributed by atoms with E-state index in [0.29, 0.717) is 11.5 Å². The van der Waals surface area contributed by atoms with Gasteiger partial charge in [-0.3, -0.25) is 0 Å². The summed E-state index contributed by atoms with van der Waals surface area (Å²) in [6, 6.07) is 5.22. The molecule has 72 valence electrons. The second kappa shape index (κ2) is 4.39. The highest BCUT2D eigenvalue weighted by atomic mass is 32.2. The summed E-state index contributed by atoms with van der Waals surface area (Å²) < 4.78 is 21.2. The molecule has 0 aliphatic rings. The van der Waals surface area contributed by atoms with E-state index in [2.05, 4.69) is 0 Å². The van der Waals surface area contributed by atoms with E-state index in [0.717, 1.165) is 4.90 Å². The van der Waals surface area contributed by atoms with Crippen LogP contribution in [0, 0.1) is 0 Å². The van der Waals surface area contributed by atoms with E-state index >= 15 is 0 Å². The van der Waals surface area contributed by atoms with Crippen LogP contribution in [0.25, 0.3) is 0 Å². The second-order valence-electron chi connectivity index (χ2n) is 2.47. The van der Waals surface area contributed by atoms with Crippen molar-refractivity contribution in [1.82, 2.24) is 0 Å².